The summed E-state index contributed by atoms with van der Waals surface area (Å²) in [5, 5.41) is 12.0. The summed E-state index contributed by atoms with van der Waals surface area (Å²) >= 11 is 0. The number of nitrogens with zero attached hydrogens (tertiary/aromatic N) is 7. The Bertz CT molecular complexity index is 1950. The van der Waals surface area contributed by atoms with E-state index in [2.05, 4.69) is 98.8 Å². The molecule has 3 aromatic rings. The van der Waals surface area contributed by atoms with Crippen molar-refractivity contribution in [2.75, 3.05) is 49.1 Å². The van der Waals surface area contributed by atoms with Gasteiger partial charge in [-0.15, -0.1) is 0 Å². The molecule has 294 valence electrons. The van der Waals surface area contributed by atoms with Gasteiger partial charge in [-0.1, -0.05) is 63.7 Å². The number of rotatable bonds is 9. The number of ether oxygens (including phenoxy) is 2. The van der Waals surface area contributed by atoms with Crippen LogP contribution < -0.4 is 14.5 Å². The van der Waals surface area contributed by atoms with Crippen LogP contribution in [0, 0.1) is 11.3 Å². The van der Waals surface area contributed by atoms with Crippen molar-refractivity contribution >= 4 is 42.6 Å². The molecule has 2 amide bonds. The third-order valence-corrected chi connectivity index (χ3v) is 15.9. The van der Waals surface area contributed by atoms with Crippen LogP contribution in [0.5, 0.6) is 6.01 Å². The molecule has 0 unspecified atom stereocenters. The third kappa shape index (κ3) is 8.76. The van der Waals surface area contributed by atoms with Crippen molar-refractivity contribution in [2.45, 2.75) is 109 Å². The fourth-order valence-corrected chi connectivity index (χ4v) is 8.95. The zero-order chi connectivity index (χ0) is 39.7. The lowest BCUT2D eigenvalue weighted by Gasteiger charge is -2.42. The van der Waals surface area contributed by atoms with Crippen LogP contribution in [0.25, 0.3) is 10.8 Å². The van der Waals surface area contributed by atoms with E-state index < -0.39 is 26.1 Å². The van der Waals surface area contributed by atoms with Crippen molar-refractivity contribution in [1.29, 1.82) is 5.26 Å². The highest BCUT2D eigenvalue weighted by atomic mass is 28.4. The normalized spacial score (nSPS) is 20.6. The molecule has 0 bridgehead atoms. The van der Waals surface area contributed by atoms with E-state index >= 15 is 0 Å². The Morgan fingerprint density at radius 3 is 2.44 bits per heavy atom. The van der Waals surface area contributed by atoms with Crippen LogP contribution in [-0.4, -0.2) is 103 Å². The molecule has 3 aliphatic rings. The maximum Gasteiger partial charge on any atom is 0.410 e. The Kier molecular flexibility index (Phi) is 11.5. The summed E-state index contributed by atoms with van der Waals surface area (Å²) in [6.07, 6.45) is 2.25. The number of piperazine rings is 1. The van der Waals surface area contributed by atoms with Crippen LogP contribution in [-0.2, 0) is 26.9 Å². The number of carbonyl (C=O) groups is 2. The topological polar surface area (TPSA) is 124 Å². The molecule has 2 saturated heterocycles. The van der Waals surface area contributed by atoms with Crippen molar-refractivity contribution < 1.29 is 23.5 Å². The van der Waals surface area contributed by atoms with Gasteiger partial charge in [0.05, 0.1) is 42.9 Å². The summed E-state index contributed by atoms with van der Waals surface area (Å²) in [4.78, 5) is 44.5. The van der Waals surface area contributed by atoms with Crippen molar-refractivity contribution in [3.63, 3.8) is 0 Å². The summed E-state index contributed by atoms with van der Waals surface area (Å²) in [7, 11) is -2.21. The first-order valence-corrected chi connectivity index (χ1v) is 22.4. The zero-order valence-corrected chi connectivity index (χ0v) is 34.8. The van der Waals surface area contributed by atoms with Gasteiger partial charge in [0.2, 0.25) is 5.91 Å². The molecule has 0 radical (unpaired) electrons. The van der Waals surface area contributed by atoms with Gasteiger partial charge in [-0.05, 0) is 69.3 Å². The van der Waals surface area contributed by atoms with Gasteiger partial charge in [-0.2, -0.15) is 15.2 Å². The highest BCUT2D eigenvalue weighted by molar-refractivity contribution is 6.74. The van der Waals surface area contributed by atoms with Gasteiger partial charge in [0.25, 0.3) is 0 Å². The molecule has 0 saturated carbocycles. The number of benzene rings is 2. The Balaban J connectivity index is 1.35. The molecule has 1 aromatic heterocycles. The summed E-state index contributed by atoms with van der Waals surface area (Å²) < 4.78 is 19.4. The maximum absolute atomic E-state index is 13.6. The van der Waals surface area contributed by atoms with Crippen LogP contribution in [0.1, 0.15) is 65.6 Å². The Hall–Kier alpha value is -4.67. The average Bonchev–Trinajstić information content (AvgIpc) is 3.53. The molecule has 0 N–H and O–H groups in total. The minimum Gasteiger partial charge on any atom is -0.461 e. The SMILES string of the molecule is C=CC(=O)N1CCN(c2nc(OC[C@@H]3[C@@H](O[Si](C)(C)C(C)(C)C)CCN3C(=O)OC(C)(C)C)nc3c2CCN(c2cccc4ccccc24)C3)C[C@@H]1CC#N. The van der Waals surface area contributed by atoms with Gasteiger partial charge in [-0.3, -0.25) is 9.69 Å². The van der Waals surface area contributed by atoms with Gasteiger partial charge in [0.1, 0.15) is 18.0 Å². The van der Waals surface area contributed by atoms with Crippen molar-refractivity contribution in [1.82, 2.24) is 19.8 Å². The van der Waals surface area contributed by atoms with E-state index in [1.807, 2.05) is 20.8 Å². The van der Waals surface area contributed by atoms with Crippen LogP contribution in [0.4, 0.5) is 16.3 Å². The molecular weight excluding hydrogens is 711 g/mol. The minimum atomic E-state index is -2.21. The molecule has 4 heterocycles. The highest BCUT2D eigenvalue weighted by Gasteiger charge is 2.46. The van der Waals surface area contributed by atoms with Gasteiger partial charge >= 0.3 is 12.1 Å². The second-order valence-electron chi connectivity index (χ2n) is 17.4. The summed E-state index contributed by atoms with van der Waals surface area (Å²) in [5.41, 5.74) is 2.39. The monoisotopic (exact) mass is 767 g/mol. The van der Waals surface area contributed by atoms with E-state index in [-0.39, 0.29) is 42.1 Å². The third-order valence-electron chi connectivity index (χ3n) is 11.4. The first-order chi connectivity index (χ1) is 26.0. The van der Waals surface area contributed by atoms with Gasteiger partial charge in [-0.25, -0.2) is 4.79 Å². The number of carbonyl (C=O) groups excluding carboxylic acids is 2. The lowest BCUT2D eigenvalue weighted by Crippen LogP contribution is -2.55. The number of aromatic nitrogens is 2. The number of anilines is 2. The smallest absolute Gasteiger partial charge is 0.410 e. The van der Waals surface area contributed by atoms with Gasteiger partial charge in [0, 0.05) is 49.4 Å². The van der Waals surface area contributed by atoms with Crippen LogP contribution >= 0.6 is 0 Å². The molecule has 2 fully saturated rings. The molecular formula is C42H57N7O5Si. The number of hydrogen-bond donors (Lipinski definition) is 0. The number of hydrogen-bond acceptors (Lipinski definition) is 10. The number of fused-ring (bicyclic) bond motifs is 2. The fraction of sp³-hybridized carbons (Fsp3) is 0.548. The number of amides is 2. The Morgan fingerprint density at radius 1 is 0.982 bits per heavy atom. The first kappa shape index (κ1) is 40.0. The predicted octanol–water partition coefficient (Wildman–Crippen LogP) is 7.09. The summed E-state index contributed by atoms with van der Waals surface area (Å²) in [5.74, 6) is 0.579. The van der Waals surface area contributed by atoms with E-state index in [0.717, 1.165) is 29.3 Å². The lowest BCUT2D eigenvalue weighted by atomic mass is 10.0. The van der Waals surface area contributed by atoms with Crippen LogP contribution in [0.15, 0.2) is 55.1 Å². The van der Waals surface area contributed by atoms with E-state index in [1.54, 1.807) is 9.80 Å². The predicted molar refractivity (Wildman–Crippen MR) is 218 cm³/mol. The number of nitriles is 1. The summed E-state index contributed by atoms with van der Waals surface area (Å²) in [6, 6.07) is 16.5. The molecule has 3 aliphatic heterocycles. The molecule has 3 atom stereocenters. The van der Waals surface area contributed by atoms with Crippen molar-refractivity contribution in [3.05, 3.63) is 66.4 Å². The fourth-order valence-electron chi connectivity index (χ4n) is 7.56. The molecule has 12 nitrogen and oxygen atoms in total. The quantitative estimate of drug-likeness (QED) is 0.165. The van der Waals surface area contributed by atoms with Crippen molar-refractivity contribution in [2.24, 2.45) is 0 Å². The van der Waals surface area contributed by atoms with Gasteiger partial charge in [0.15, 0.2) is 8.32 Å². The molecule has 13 heteroatoms. The number of likely N-dealkylation sites (tertiary alicyclic amines) is 1. The molecule has 0 aliphatic carbocycles. The largest absolute Gasteiger partial charge is 0.461 e. The second-order valence-corrected chi connectivity index (χ2v) is 22.1. The van der Waals surface area contributed by atoms with E-state index in [9.17, 15) is 14.9 Å². The van der Waals surface area contributed by atoms with Crippen LogP contribution in [0.3, 0.4) is 0 Å². The van der Waals surface area contributed by atoms with E-state index in [0.29, 0.717) is 45.6 Å². The molecule has 55 heavy (non-hydrogen) atoms. The van der Waals surface area contributed by atoms with Gasteiger partial charge < -0.3 is 28.6 Å². The van der Waals surface area contributed by atoms with Crippen LogP contribution in [0.2, 0.25) is 18.1 Å². The molecule has 2 aromatic carbocycles. The zero-order valence-electron chi connectivity index (χ0n) is 33.8. The second kappa shape index (κ2) is 15.8. The van der Waals surface area contributed by atoms with E-state index in [1.165, 1.54) is 16.8 Å². The standard InChI is InChI=1S/C42H57N7O5Si/c1-10-37(50)48-25-24-47(26-30(48)18-21-43)38-32-19-22-46(34-17-13-15-29-14-11-12-16-31(29)34)27-33(32)44-39(45-38)52-28-35-36(54-55(8,9)42(5,6)7)20-23-49(35)40(51)53-41(2,3)4/h10-17,30,35-36H,1,18-20,22-28H2,2-9H3/t30-,35+,36-/m0/s1. The highest BCUT2D eigenvalue weighted by Crippen LogP contribution is 2.40. The molecule has 0 spiro atoms. The first-order valence-electron chi connectivity index (χ1n) is 19.5. The lowest BCUT2D eigenvalue weighted by molar-refractivity contribution is -0.128. The minimum absolute atomic E-state index is 0.0199. The average molecular weight is 768 g/mol. The maximum atomic E-state index is 13.6. The Labute approximate surface area is 327 Å². The molecule has 6 rings (SSSR count). The van der Waals surface area contributed by atoms with Crippen molar-refractivity contribution in [3.8, 4) is 12.1 Å². The summed E-state index contributed by atoms with van der Waals surface area (Å²) in [6.45, 7) is 23.7. The Morgan fingerprint density at radius 2 is 1.73 bits per heavy atom. The van der Waals surface area contributed by atoms with E-state index in [4.69, 9.17) is 23.9 Å².